The van der Waals surface area contributed by atoms with Gasteiger partial charge in [-0.1, -0.05) is 5.16 Å². The van der Waals surface area contributed by atoms with Crippen LogP contribution in [0.1, 0.15) is 26.7 Å². The van der Waals surface area contributed by atoms with Gasteiger partial charge in [0, 0.05) is 11.3 Å². The summed E-state index contributed by atoms with van der Waals surface area (Å²) in [6.45, 7) is 5.62. The zero-order valence-electron chi connectivity index (χ0n) is 12.2. The van der Waals surface area contributed by atoms with Crippen molar-refractivity contribution < 1.29 is 14.1 Å². The van der Waals surface area contributed by atoms with Gasteiger partial charge in [-0.15, -0.1) is 0 Å². The van der Waals surface area contributed by atoms with Crippen LogP contribution in [0.15, 0.2) is 28.8 Å². The summed E-state index contributed by atoms with van der Waals surface area (Å²) < 4.78 is 10.1. The van der Waals surface area contributed by atoms with E-state index in [1.807, 2.05) is 0 Å². The second kappa shape index (κ2) is 5.92. The van der Waals surface area contributed by atoms with Gasteiger partial charge < -0.3 is 15.0 Å². The maximum absolute atomic E-state index is 11.6. The highest BCUT2D eigenvalue weighted by molar-refractivity contribution is 5.85. The third kappa shape index (κ3) is 4.28. The van der Waals surface area contributed by atoms with Gasteiger partial charge in [-0.05, 0) is 45.0 Å². The molecule has 3 N–H and O–H groups in total. The maximum Gasteiger partial charge on any atom is 0.412 e. The van der Waals surface area contributed by atoms with Crippen molar-refractivity contribution in [3.63, 3.8) is 0 Å². The molecule has 0 unspecified atom stereocenters. The monoisotopic (exact) mass is 290 g/mol. The summed E-state index contributed by atoms with van der Waals surface area (Å²) in [5.74, 6) is 0.834. The smallest absolute Gasteiger partial charge is 0.412 e. The molecule has 0 bridgehead atoms. The number of nitrogens with zero attached hydrogens (tertiary/aromatic N) is 2. The highest BCUT2D eigenvalue weighted by Gasteiger charge is 2.16. The topological polar surface area (TPSA) is 103 Å². The first-order chi connectivity index (χ1) is 9.87. The quantitative estimate of drug-likeness (QED) is 0.900. The molecule has 1 amide bonds. The Bertz CT molecular complexity index is 614. The predicted molar refractivity (Wildman–Crippen MR) is 77.5 cm³/mol. The molecule has 1 aromatic heterocycles. The Labute approximate surface area is 122 Å². The number of anilines is 1. The van der Waals surface area contributed by atoms with Crippen LogP contribution in [0.5, 0.6) is 0 Å². The number of hydrogen-bond acceptors (Lipinski definition) is 6. The third-order valence-corrected chi connectivity index (χ3v) is 2.43. The van der Waals surface area contributed by atoms with Crippen molar-refractivity contribution in [3.8, 4) is 11.4 Å². The first-order valence-corrected chi connectivity index (χ1v) is 6.50. The number of nitrogens with two attached hydrogens (primary N) is 1. The van der Waals surface area contributed by atoms with Gasteiger partial charge >= 0.3 is 6.09 Å². The molecule has 0 radical (unpaired) electrons. The van der Waals surface area contributed by atoms with Gasteiger partial charge in [0.1, 0.15) is 5.60 Å². The third-order valence-electron chi connectivity index (χ3n) is 2.43. The maximum atomic E-state index is 11.6. The van der Waals surface area contributed by atoms with Crippen LogP contribution >= 0.6 is 0 Å². The van der Waals surface area contributed by atoms with E-state index in [4.69, 9.17) is 15.0 Å². The molecule has 0 fully saturated rings. The van der Waals surface area contributed by atoms with Crippen LogP contribution < -0.4 is 11.1 Å². The van der Waals surface area contributed by atoms with E-state index in [0.29, 0.717) is 17.4 Å². The number of nitrogens with one attached hydrogen (secondary N) is 1. The van der Waals surface area contributed by atoms with Gasteiger partial charge in [0.05, 0.1) is 6.54 Å². The van der Waals surface area contributed by atoms with Crippen molar-refractivity contribution in [1.29, 1.82) is 0 Å². The van der Waals surface area contributed by atoms with E-state index in [2.05, 4.69) is 15.5 Å². The minimum Gasteiger partial charge on any atom is -0.444 e. The molecule has 7 heteroatoms. The van der Waals surface area contributed by atoms with E-state index in [9.17, 15) is 4.79 Å². The first-order valence-electron chi connectivity index (χ1n) is 6.50. The molecular weight excluding hydrogens is 272 g/mol. The average Bonchev–Trinajstić information content (AvgIpc) is 2.86. The highest BCUT2D eigenvalue weighted by Crippen LogP contribution is 2.19. The normalized spacial score (nSPS) is 11.2. The molecule has 0 atom stereocenters. The Morgan fingerprint density at radius 1 is 1.33 bits per heavy atom. The van der Waals surface area contributed by atoms with E-state index in [1.165, 1.54) is 0 Å². The van der Waals surface area contributed by atoms with Crippen LogP contribution in [0.2, 0.25) is 0 Å². The number of benzene rings is 1. The molecule has 2 rings (SSSR count). The van der Waals surface area contributed by atoms with Crippen molar-refractivity contribution in [1.82, 2.24) is 10.1 Å². The van der Waals surface area contributed by atoms with Gasteiger partial charge in [-0.3, -0.25) is 5.32 Å². The molecule has 2 aromatic rings. The van der Waals surface area contributed by atoms with Crippen molar-refractivity contribution in [2.75, 3.05) is 5.32 Å². The summed E-state index contributed by atoms with van der Waals surface area (Å²) in [4.78, 5) is 15.8. The Balaban J connectivity index is 2.03. The molecule has 0 aliphatic rings. The van der Waals surface area contributed by atoms with E-state index in [0.717, 1.165) is 5.56 Å². The summed E-state index contributed by atoms with van der Waals surface area (Å²) in [5, 5.41) is 6.47. The fourth-order valence-corrected chi connectivity index (χ4v) is 1.58. The molecule has 0 saturated carbocycles. The Morgan fingerprint density at radius 2 is 2.00 bits per heavy atom. The fraction of sp³-hybridized carbons (Fsp3) is 0.357. The highest BCUT2D eigenvalue weighted by atomic mass is 16.6. The Kier molecular flexibility index (Phi) is 4.23. The van der Waals surface area contributed by atoms with Crippen molar-refractivity contribution in [2.24, 2.45) is 5.73 Å². The molecule has 0 spiro atoms. The molecular formula is C14H18N4O3. The first kappa shape index (κ1) is 15.0. The lowest BCUT2D eigenvalue weighted by molar-refractivity contribution is 0.0636. The standard InChI is InChI=1S/C14H18N4O3/c1-14(2,3)20-13(19)16-10-6-4-9(5-7-10)12-17-11(8-15)21-18-12/h4-7H,8,15H2,1-3H3,(H,16,19). The van der Waals surface area contributed by atoms with Crippen LogP contribution in [0, 0.1) is 0 Å². The Morgan fingerprint density at radius 3 is 2.52 bits per heavy atom. The largest absolute Gasteiger partial charge is 0.444 e. The lowest BCUT2D eigenvalue weighted by atomic mass is 10.2. The van der Waals surface area contributed by atoms with Gasteiger partial charge in [-0.25, -0.2) is 4.79 Å². The van der Waals surface area contributed by atoms with E-state index >= 15 is 0 Å². The van der Waals surface area contributed by atoms with E-state index < -0.39 is 11.7 Å². The number of carbonyl (C=O) groups is 1. The van der Waals surface area contributed by atoms with Crippen molar-refractivity contribution in [2.45, 2.75) is 32.9 Å². The van der Waals surface area contributed by atoms with Crippen LogP contribution in [-0.2, 0) is 11.3 Å². The van der Waals surface area contributed by atoms with Gasteiger partial charge in [0.2, 0.25) is 11.7 Å². The van der Waals surface area contributed by atoms with Gasteiger partial charge in [0.25, 0.3) is 0 Å². The average molecular weight is 290 g/mol. The number of hydrogen-bond donors (Lipinski definition) is 2. The summed E-state index contributed by atoms with van der Waals surface area (Å²) >= 11 is 0. The van der Waals surface area contributed by atoms with Crippen LogP contribution in [0.25, 0.3) is 11.4 Å². The van der Waals surface area contributed by atoms with Crippen molar-refractivity contribution in [3.05, 3.63) is 30.2 Å². The lowest BCUT2D eigenvalue weighted by Crippen LogP contribution is -2.27. The second-order valence-electron chi connectivity index (χ2n) is 5.42. The van der Waals surface area contributed by atoms with Crippen molar-refractivity contribution >= 4 is 11.8 Å². The molecule has 112 valence electrons. The van der Waals surface area contributed by atoms with E-state index in [1.54, 1.807) is 45.0 Å². The molecule has 21 heavy (non-hydrogen) atoms. The lowest BCUT2D eigenvalue weighted by Gasteiger charge is -2.19. The van der Waals surface area contributed by atoms with E-state index in [-0.39, 0.29) is 6.54 Å². The molecule has 0 aliphatic heterocycles. The number of carbonyl (C=O) groups excluding carboxylic acids is 1. The summed E-state index contributed by atoms with van der Waals surface area (Å²) in [6, 6.07) is 7.02. The van der Waals surface area contributed by atoms with Gasteiger partial charge in [0.15, 0.2) is 0 Å². The minimum atomic E-state index is -0.534. The number of rotatable bonds is 3. The predicted octanol–water partition coefficient (Wildman–Crippen LogP) is 2.54. The van der Waals surface area contributed by atoms with Crippen LogP contribution in [-0.4, -0.2) is 21.8 Å². The number of ether oxygens (including phenoxy) is 1. The summed E-state index contributed by atoms with van der Waals surface area (Å²) in [7, 11) is 0. The zero-order chi connectivity index (χ0) is 15.5. The summed E-state index contributed by atoms with van der Waals surface area (Å²) in [6.07, 6.45) is -0.500. The molecule has 1 heterocycles. The molecule has 0 aliphatic carbocycles. The Hall–Kier alpha value is -2.41. The van der Waals surface area contributed by atoms with Gasteiger partial charge in [-0.2, -0.15) is 4.98 Å². The fourth-order valence-electron chi connectivity index (χ4n) is 1.58. The zero-order valence-corrected chi connectivity index (χ0v) is 12.2. The molecule has 1 aromatic carbocycles. The molecule has 7 nitrogen and oxygen atoms in total. The van der Waals surface area contributed by atoms with Crippen LogP contribution in [0.4, 0.5) is 10.5 Å². The minimum absolute atomic E-state index is 0.200. The summed E-state index contributed by atoms with van der Waals surface area (Å²) in [5.41, 5.74) is 6.27. The molecule has 0 saturated heterocycles. The number of aromatic nitrogens is 2. The SMILES string of the molecule is CC(C)(C)OC(=O)Nc1ccc(-c2noc(CN)n2)cc1. The second-order valence-corrected chi connectivity index (χ2v) is 5.42. The van der Waals surface area contributed by atoms with Crippen LogP contribution in [0.3, 0.4) is 0 Å². The number of amides is 1.